The Morgan fingerprint density at radius 1 is 1.44 bits per heavy atom. The largest absolute Gasteiger partial charge is 0.314 e. The zero-order valence-corrected chi connectivity index (χ0v) is 11.6. The third-order valence-electron chi connectivity index (χ3n) is 3.62. The fourth-order valence-corrected chi connectivity index (χ4v) is 3.44. The molecule has 1 aliphatic rings. The van der Waals surface area contributed by atoms with E-state index in [1.54, 1.807) is 0 Å². The third kappa shape index (κ3) is 4.83. The highest BCUT2D eigenvalue weighted by atomic mass is 32.2. The first kappa shape index (κ1) is 14.0. The van der Waals surface area contributed by atoms with Crippen LogP contribution < -0.4 is 5.32 Å². The lowest BCUT2D eigenvalue weighted by atomic mass is 9.84. The molecule has 1 rings (SSSR count). The standard InChI is InChI=1S/C12H25NO2S/c1-4-13-11-6-8-12(2,10-11)7-5-9-16(3,14)15/h11,13H,4-10H2,1-3H3. The van der Waals surface area contributed by atoms with Gasteiger partial charge in [-0.15, -0.1) is 0 Å². The minimum atomic E-state index is -2.78. The summed E-state index contributed by atoms with van der Waals surface area (Å²) in [5.74, 6) is 0.342. The number of nitrogens with one attached hydrogen (secondary N) is 1. The van der Waals surface area contributed by atoms with Crippen molar-refractivity contribution in [3.8, 4) is 0 Å². The Morgan fingerprint density at radius 3 is 2.69 bits per heavy atom. The Bertz CT molecular complexity index is 313. The van der Waals surface area contributed by atoms with Crippen molar-refractivity contribution in [3.05, 3.63) is 0 Å². The Balaban J connectivity index is 2.31. The summed E-state index contributed by atoms with van der Waals surface area (Å²) in [5, 5.41) is 3.49. The first-order valence-electron chi connectivity index (χ1n) is 6.26. The molecule has 2 unspecified atom stereocenters. The molecule has 0 amide bonds. The summed E-state index contributed by atoms with van der Waals surface area (Å²) >= 11 is 0. The molecule has 0 saturated heterocycles. The summed E-state index contributed by atoms with van der Waals surface area (Å²) in [6, 6.07) is 0.647. The molecule has 1 N–H and O–H groups in total. The highest BCUT2D eigenvalue weighted by Gasteiger charge is 2.34. The van der Waals surface area contributed by atoms with E-state index in [1.807, 2.05) is 0 Å². The second-order valence-electron chi connectivity index (χ2n) is 5.54. The van der Waals surface area contributed by atoms with Crippen molar-refractivity contribution in [2.24, 2.45) is 5.41 Å². The van der Waals surface area contributed by atoms with Crippen LogP contribution in [0.5, 0.6) is 0 Å². The smallest absolute Gasteiger partial charge is 0.147 e. The molecule has 0 aromatic heterocycles. The molecule has 0 bridgehead atoms. The summed E-state index contributed by atoms with van der Waals surface area (Å²) in [7, 11) is -2.78. The van der Waals surface area contributed by atoms with Crippen LogP contribution in [0.1, 0.15) is 46.0 Å². The summed E-state index contributed by atoms with van der Waals surface area (Å²) in [4.78, 5) is 0. The molecule has 1 saturated carbocycles. The van der Waals surface area contributed by atoms with Crippen LogP contribution in [-0.4, -0.2) is 33.0 Å². The van der Waals surface area contributed by atoms with E-state index in [2.05, 4.69) is 19.2 Å². The van der Waals surface area contributed by atoms with Crippen LogP contribution in [0.2, 0.25) is 0 Å². The molecule has 3 nitrogen and oxygen atoms in total. The maximum absolute atomic E-state index is 11.1. The molecular weight excluding hydrogens is 222 g/mol. The molecule has 0 aromatic rings. The minimum Gasteiger partial charge on any atom is -0.314 e. The Morgan fingerprint density at radius 2 is 2.12 bits per heavy atom. The number of rotatable bonds is 6. The molecule has 0 spiro atoms. The molecule has 1 aliphatic carbocycles. The molecule has 2 atom stereocenters. The summed E-state index contributed by atoms with van der Waals surface area (Å²) in [5.41, 5.74) is 0.359. The summed E-state index contributed by atoms with van der Waals surface area (Å²) < 4.78 is 22.1. The van der Waals surface area contributed by atoms with Gasteiger partial charge in [0.1, 0.15) is 9.84 Å². The van der Waals surface area contributed by atoms with Gasteiger partial charge >= 0.3 is 0 Å². The van der Waals surface area contributed by atoms with Gasteiger partial charge in [-0.3, -0.25) is 0 Å². The second kappa shape index (κ2) is 5.50. The number of sulfone groups is 1. The van der Waals surface area contributed by atoms with E-state index in [9.17, 15) is 8.42 Å². The number of hydrogen-bond acceptors (Lipinski definition) is 3. The molecule has 0 heterocycles. The van der Waals surface area contributed by atoms with E-state index in [0.717, 1.165) is 19.4 Å². The average Bonchev–Trinajstić information content (AvgIpc) is 2.46. The van der Waals surface area contributed by atoms with E-state index in [-0.39, 0.29) is 0 Å². The van der Waals surface area contributed by atoms with Crippen LogP contribution >= 0.6 is 0 Å². The lowest BCUT2D eigenvalue weighted by Gasteiger charge is -2.24. The highest BCUT2D eigenvalue weighted by molar-refractivity contribution is 7.90. The van der Waals surface area contributed by atoms with Gasteiger partial charge in [-0.25, -0.2) is 8.42 Å². The van der Waals surface area contributed by atoms with Gasteiger partial charge < -0.3 is 5.32 Å². The van der Waals surface area contributed by atoms with Crippen LogP contribution in [-0.2, 0) is 9.84 Å². The van der Waals surface area contributed by atoms with E-state index in [1.165, 1.54) is 25.5 Å². The van der Waals surface area contributed by atoms with Crippen LogP contribution in [0.25, 0.3) is 0 Å². The fraction of sp³-hybridized carbons (Fsp3) is 1.00. The molecule has 0 radical (unpaired) electrons. The van der Waals surface area contributed by atoms with Gasteiger partial charge in [0, 0.05) is 18.1 Å². The van der Waals surface area contributed by atoms with Gasteiger partial charge in [0.2, 0.25) is 0 Å². The van der Waals surface area contributed by atoms with E-state index < -0.39 is 9.84 Å². The van der Waals surface area contributed by atoms with E-state index in [0.29, 0.717) is 17.2 Å². The SMILES string of the molecule is CCNC1CCC(C)(CCCS(C)(=O)=O)C1. The summed E-state index contributed by atoms with van der Waals surface area (Å²) in [6.45, 7) is 5.47. The normalized spacial score (nSPS) is 30.8. The topological polar surface area (TPSA) is 46.2 Å². The first-order valence-corrected chi connectivity index (χ1v) is 8.32. The van der Waals surface area contributed by atoms with E-state index >= 15 is 0 Å². The van der Waals surface area contributed by atoms with Crippen molar-refractivity contribution in [2.75, 3.05) is 18.6 Å². The van der Waals surface area contributed by atoms with Crippen molar-refractivity contribution in [3.63, 3.8) is 0 Å². The minimum absolute atomic E-state index is 0.342. The molecule has 96 valence electrons. The predicted molar refractivity (Wildman–Crippen MR) is 68.4 cm³/mol. The average molecular weight is 247 g/mol. The quantitative estimate of drug-likeness (QED) is 0.780. The Kier molecular flexibility index (Phi) is 4.80. The van der Waals surface area contributed by atoms with Gasteiger partial charge in [0.15, 0.2) is 0 Å². The Labute approximate surface area is 99.9 Å². The third-order valence-corrected chi connectivity index (χ3v) is 4.65. The van der Waals surface area contributed by atoms with Crippen LogP contribution in [0.15, 0.2) is 0 Å². The van der Waals surface area contributed by atoms with Gasteiger partial charge in [0.05, 0.1) is 0 Å². The first-order chi connectivity index (χ1) is 7.35. The van der Waals surface area contributed by atoms with Gasteiger partial charge in [0.25, 0.3) is 0 Å². The van der Waals surface area contributed by atoms with Gasteiger partial charge in [-0.05, 0) is 44.1 Å². The molecule has 16 heavy (non-hydrogen) atoms. The molecule has 0 aliphatic heterocycles. The maximum atomic E-state index is 11.1. The molecule has 0 aromatic carbocycles. The lowest BCUT2D eigenvalue weighted by Crippen LogP contribution is -2.27. The Hall–Kier alpha value is -0.0900. The van der Waals surface area contributed by atoms with Crippen LogP contribution in [0.3, 0.4) is 0 Å². The van der Waals surface area contributed by atoms with Crippen molar-refractivity contribution in [2.45, 2.75) is 52.0 Å². The van der Waals surface area contributed by atoms with Crippen molar-refractivity contribution < 1.29 is 8.42 Å². The highest BCUT2D eigenvalue weighted by Crippen LogP contribution is 2.41. The second-order valence-corrected chi connectivity index (χ2v) is 7.80. The zero-order valence-electron chi connectivity index (χ0n) is 10.8. The fourth-order valence-electron chi connectivity index (χ4n) is 2.77. The van der Waals surface area contributed by atoms with Crippen molar-refractivity contribution >= 4 is 9.84 Å². The van der Waals surface area contributed by atoms with E-state index in [4.69, 9.17) is 0 Å². The summed E-state index contributed by atoms with van der Waals surface area (Å²) in [6.07, 6.45) is 6.85. The monoisotopic (exact) mass is 247 g/mol. The number of hydrogen-bond donors (Lipinski definition) is 1. The maximum Gasteiger partial charge on any atom is 0.147 e. The molecule has 4 heteroatoms. The zero-order chi connectivity index (χ0) is 12.2. The molecular formula is C12H25NO2S. The van der Waals surface area contributed by atoms with Gasteiger partial charge in [-0.1, -0.05) is 13.8 Å². The van der Waals surface area contributed by atoms with Crippen molar-refractivity contribution in [1.29, 1.82) is 0 Å². The van der Waals surface area contributed by atoms with Gasteiger partial charge in [-0.2, -0.15) is 0 Å². The van der Waals surface area contributed by atoms with Crippen LogP contribution in [0, 0.1) is 5.41 Å². The predicted octanol–water partition coefficient (Wildman–Crippen LogP) is 1.98. The lowest BCUT2D eigenvalue weighted by molar-refractivity contribution is 0.295. The van der Waals surface area contributed by atoms with Crippen molar-refractivity contribution in [1.82, 2.24) is 5.32 Å². The van der Waals surface area contributed by atoms with Crippen LogP contribution in [0.4, 0.5) is 0 Å². The molecule has 1 fully saturated rings.